The Morgan fingerprint density at radius 1 is 1.07 bits per heavy atom. The summed E-state index contributed by atoms with van der Waals surface area (Å²) in [6, 6.07) is 0.392. The molecule has 0 saturated carbocycles. The van der Waals surface area contributed by atoms with E-state index in [-0.39, 0.29) is 0 Å². The van der Waals surface area contributed by atoms with Gasteiger partial charge in [-0.15, -0.1) is 0 Å². The van der Waals surface area contributed by atoms with Gasteiger partial charge < -0.3 is 16.2 Å². The van der Waals surface area contributed by atoms with E-state index in [9.17, 15) is 0 Å². The van der Waals surface area contributed by atoms with Gasteiger partial charge in [-0.05, 0) is 31.4 Å². The van der Waals surface area contributed by atoms with E-state index in [4.69, 9.17) is 16.2 Å². The van der Waals surface area contributed by atoms with Gasteiger partial charge in [0, 0.05) is 18.9 Å². The molecule has 15 heavy (non-hydrogen) atoms. The number of unbranched alkanes of at least 4 members (excludes halogenated alkanes) is 1. The van der Waals surface area contributed by atoms with Gasteiger partial charge in [0.05, 0.1) is 0 Å². The van der Waals surface area contributed by atoms with Crippen LogP contribution in [0.25, 0.3) is 0 Å². The SMILES string of the molecule is NCCCCc1cnc(OCCN)nc1. The molecule has 1 aromatic heterocycles. The van der Waals surface area contributed by atoms with Crippen LogP contribution in [0.15, 0.2) is 12.4 Å². The van der Waals surface area contributed by atoms with Crippen molar-refractivity contribution in [3.05, 3.63) is 18.0 Å². The number of ether oxygens (including phenoxy) is 1. The minimum absolute atomic E-state index is 0.392. The number of nitrogens with two attached hydrogens (primary N) is 2. The Balaban J connectivity index is 2.35. The molecule has 1 rings (SSSR count). The summed E-state index contributed by atoms with van der Waals surface area (Å²) < 4.78 is 5.17. The summed E-state index contributed by atoms with van der Waals surface area (Å²) in [4.78, 5) is 8.15. The van der Waals surface area contributed by atoms with Gasteiger partial charge in [0.25, 0.3) is 0 Å². The Kier molecular flexibility index (Phi) is 5.65. The first-order valence-corrected chi connectivity index (χ1v) is 5.20. The lowest BCUT2D eigenvalue weighted by Crippen LogP contribution is -2.12. The van der Waals surface area contributed by atoms with E-state index in [2.05, 4.69) is 9.97 Å². The quantitative estimate of drug-likeness (QED) is 0.623. The van der Waals surface area contributed by atoms with E-state index in [1.165, 1.54) is 0 Å². The van der Waals surface area contributed by atoms with E-state index >= 15 is 0 Å². The second-order valence-electron chi connectivity index (χ2n) is 3.26. The van der Waals surface area contributed by atoms with E-state index in [1.54, 1.807) is 12.4 Å². The maximum absolute atomic E-state index is 5.41. The van der Waals surface area contributed by atoms with Crippen molar-refractivity contribution in [1.82, 2.24) is 9.97 Å². The second-order valence-corrected chi connectivity index (χ2v) is 3.26. The van der Waals surface area contributed by atoms with Crippen molar-refractivity contribution in [2.24, 2.45) is 11.5 Å². The molecule has 1 aromatic rings. The molecular formula is C10H18N4O. The highest BCUT2D eigenvalue weighted by Gasteiger charge is 1.98. The van der Waals surface area contributed by atoms with Crippen molar-refractivity contribution < 1.29 is 4.74 Å². The average molecular weight is 210 g/mol. The van der Waals surface area contributed by atoms with Crippen molar-refractivity contribution in [3.63, 3.8) is 0 Å². The summed E-state index contributed by atoms with van der Waals surface area (Å²) in [7, 11) is 0. The maximum atomic E-state index is 5.41. The van der Waals surface area contributed by atoms with Crippen LogP contribution < -0.4 is 16.2 Å². The van der Waals surface area contributed by atoms with Crippen LogP contribution >= 0.6 is 0 Å². The van der Waals surface area contributed by atoms with Gasteiger partial charge in [-0.25, -0.2) is 9.97 Å². The molecule has 5 nitrogen and oxygen atoms in total. The van der Waals surface area contributed by atoms with Gasteiger partial charge in [-0.2, -0.15) is 0 Å². The van der Waals surface area contributed by atoms with Crippen LogP contribution in [0, 0.1) is 0 Å². The Morgan fingerprint density at radius 2 is 1.80 bits per heavy atom. The number of nitrogens with zero attached hydrogens (tertiary/aromatic N) is 2. The number of rotatable bonds is 7. The van der Waals surface area contributed by atoms with Crippen molar-refractivity contribution in [2.75, 3.05) is 19.7 Å². The van der Waals surface area contributed by atoms with Gasteiger partial charge in [0.1, 0.15) is 6.61 Å². The van der Waals surface area contributed by atoms with Crippen LogP contribution in [0.2, 0.25) is 0 Å². The van der Waals surface area contributed by atoms with Crippen molar-refractivity contribution in [2.45, 2.75) is 19.3 Å². The molecule has 0 bridgehead atoms. The van der Waals surface area contributed by atoms with Gasteiger partial charge in [-0.1, -0.05) is 0 Å². The number of hydrogen-bond donors (Lipinski definition) is 2. The third-order valence-electron chi connectivity index (χ3n) is 1.95. The zero-order valence-corrected chi connectivity index (χ0v) is 8.85. The fraction of sp³-hybridized carbons (Fsp3) is 0.600. The highest BCUT2D eigenvalue weighted by Crippen LogP contribution is 2.05. The zero-order chi connectivity index (χ0) is 10.9. The van der Waals surface area contributed by atoms with Crippen LogP contribution in [-0.4, -0.2) is 29.7 Å². The minimum atomic E-state index is 0.392. The van der Waals surface area contributed by atoms with Gasteiger partial charge >= 0.3 is 6.01 Å². The third kappa shape index (κ3) is 4.71. The Hall–Kier alpha value is -1.20. The molecule has 0 amide bonds. The normalized spacial score (nSPS) is 10.3. The first-order chi connectivity index (χ1) is 7.36. The summed E-state index contributed by atoms with van der Waals surface area (Å²) in [5.74, 6) is 0. The Labute approximate surface area is 89.9 Å². The fourth-order valence-electron chi connectivity index (χ4n) is 1.17. The number of hydrogen-bond acceptors (Lipinski definition) is 5. The highest BCUT2D eigenvalue weighted by molar-refractivity contribution is 5.07. The molecular weight excluding hydrogens is 192 g/mol. The molecule has 4 N–H and O–H groups in total. The largest absolute Gasteiger partial charge is 0.462 e. The Bertz CT molecular complexity index is 263. The van der Waals surface area contributed by atoms with Gasteiger partial charge in [-0.3, -0.25) is 0 Å². The van der Waals surface area contributed by atoms with Crippen LogP contribution in [0.1, 0.15) is 18.4 Å². The predicted molar refractivity (Wildman–Crippen MR) is 58.6 cm³/mol. The summed E-state index contributed by atoms with van der Waals surface area (Å²) in [6.45, 7) is 1.66. The van der Waals surface area contributed by atoms with E-state index < -0.39 is 0 Å². The van der Waals surface area contributed by atoms with Crippen LogP contribution in [-0.2, 0) is 6.42 Å². The predicted octanol–water partition coefficient (Wildman–Crippen LogP) is 0.0955. The molecule has 0 aliphatic rings. The standard InChI is InChI=1S/C10H18N4O/c11-4-2-1-3-9-7-13-10(14-8-9)15-6-5-12/h7-8H,1-6,11-12H2. The molecule has 0 aliphatic carbocycles. The summed E-state index contributed by atoms with van der Waals surface area (Å²) in [6.07, 6.45) is 6.65. The van der Waals surface area contributed by atoms with Crippen LogP contribution in [0.5, 0.6) is 6.01 Å². The molecule has 84 valence electrons. The maximum Gasteiger partial charge on any atom is 0.316 e. The van der Waals surface area contributed by atoms with Crippen molar-refractivity contribution in [1.29, 1.82) is 0 Å². The van der Waals surface area contributed by atoms with Crippen molar-refractivity contribution in [3.8, 4) is 6.01 Å². The lowest BCUT2D eigenvalue weighted by Gasteiger charge is -2.03. The fourth-order valence-corrected chi connectivity index (χ4v) is 1.17. The number of aromatic nitrogens is 2. The molecule has 0 unspecified atom stereocenters. The summed E-state index contributed by atoms with van der Waals surface area (Å²) in [5, 5.41) is 0. The minimum Gasteiger partial charge on any atom is -0.462 e. The molecule has 0 atom stereocenters. The second kappa shape index (κ2) is 7.14. The molecule has 0 aliphatic heterocycles. The first kappa shape index (κ1) is 11.9. The Morgan fingerprint density at radius 3 is 2.40 bits per heavy atom. The zero-order valence-electron chi connectivity index (χ0n) is 8.85. The van der Waals surface area contributed by atoms with Crippen LogP contribution in [0.3, 0.4) is 0 Å². The van der Waals surface area contributed by atoms with E-state index in [1.807, 2.05) is 0 Å². The molecule has 0 radical (unpaired) electrons. The molecule has 0 fully saturated rings. The first-order valence-electron chi connectivity index (χ1n) is 5.20. The van der Waals surface area contributed by atoms with Crippen LogP contribution in [0.4, 0.5) is 0 Å². The average Bonchev–Trinajstić information content (AvgIpc) is 2.28. The molecule has 0 aromatic carbocycles. The van der Waals surface area contributed by atoms with Crippen molar-refractivity contribution >= 4 is 0 Å². The summed E-state index contributed by atoms with van der Waals surface area (Å²) >= 11 is 0. The highest BCUT2D eigenvalue weighted by atomic mass is 16.5. The van der Waals surface area contributed by atoms with Gasteiger partial charge in [0.2, 0.25) is 0 Å². The third-order valence-corrected chi connectivity index (χ3v) is 1.95. The summed E-state index contributed by atoms with van der Waals surface area (Å²) in [5.41, 5.74) is 11.8. The molecule has 0 spiro atoms. The monoisotopic (exact) mass is 210 g/mol. The molecule has 5 heteroatoms. The molecule has 1 heterocycles. The van der Waals surface area contributed by atoms with E-state index in [0.717, 1.165) is 31.4 Å². The molecule has 0 saturated heterocycles. The van der Waals surface area contributed by atoms with E-state index in [0.29, 0.717) is 19.2 Å². The number of aryl methyl sites for hydroxylation is 1. The lowest BCUT2D eigenvalue weighted by molar-refractivity contribution is 0.301. The smallest absolute Gasteiger partial charge is 0.316 e. The lowest BCUT2D eigenvalue weighted by atomic mass is 10.1. The van der Waals surface area contributed by atoms with Gasteiger partial charge in [0.15, 0.2) is 0 Å². The topological polar surface area (TPSA) is 87.0 Å².